The van der Waals surface area contributed by atoms with E-state index in [1.165, 1.54) is 16.7 Å². The number of rotatable bonds is 4. The summed E-state index contributed by atoms with van der Waals surface area (Å²) in [7, 11) is 0. The number of hydrogen-bond acceptors (Lipinski definition) is 2. The van der Waals surface area contributed by atoms with Gasteiger partial charge in [0.2, 0.25) is 0 Å². The summed E-state index contributed by atoms with van der Waals surface area (Å²) in [5.74, 6) is 0.844. The Balaban J connectivity index is 2.65. The van der Waals surface area contributed by atoms with Gasteiger partial charge in [0, 0.05) is 5.56 Å². The summed E-state index contributed by atoms with van der Waals surface area (Å²) in [5.41, 5.74) is 5.10. The summed E-state index contributed by atoms with van der Waals surface area (Å²) in [6.07, 6.45) is 4.71. The summed E-state index contributed by atoms with van der Waals surface area (Å²) in [6, 6.07) is 4.32. The minimum absolute atomic E-state index is 0.156. The second-order valence-electron chi connectivity index (χ2n) is 6.49. The second-order valence-corrected chi connectivity index (χ2v) is 6.49. The first-order chi connectivity index (χ1) is 9.94. The molecule has 0 radical (unpaired) electrons. The van der Waals surface area contributed by atoms with Crippen molar-refractivity contribution in [2.45, 2.75) is 65.4 Å². The molecule has 0 heterocycles. The van der Waals surface area contributed by atoms with Crippen LogP contribution in [0.15, 0.2) is 18.2 Å². The summed E-state index contributed by atoms with van der Waals surface area (Å²) in [4.78, 5) is 0. The molecule has 116 valence electrons. The normalized spacial score (nSPS) is 20.2. The fourth-order valence-corrected chi connectivity index (χ4v) is 3.20. The first-order valence-corrected chi connectivity index (χ1v) is 8.09. The van der Waals surface area contributed by atoms with E-state index >= 15 is 0 Å². The largest absolute Gasteiger partial charge is 0.493 e. The zero-order valence-electron chi connectivity index (χ0n) is 14.0. The van der Waals surface area contributed by atoms with Gasteiger partial charge in [-0.25, -0.2) is 0 Å². The van der Waals surface area contributed by atoms with Gasteiger partial charge in [-0.05, 0) is 67.4 Å². The molecule has 2 rings (SSSR count). The molecule has 1 aliphatic rings. The highest BCUT2D eigenvalue weighted by Gasteiger charge is 2.31. The standard InChI is InChI=1S/C19H28O2/c1-6-13-9-10-19(4,5)16-12-18(21-8-3)15(11-14(13)16)17(20)7-2/h6,11-12,17,20H,7-10H2,1-5H3. The van der Waals surface area contributed by atoms with E-state index in [9.17, 15) is 5.11 Å². The maximum absolute atomic E-state index is 10.3. The minimum atomic E-state index is -0.458. The average Bonchev–Trinajstić information content (AvgIpc) is 2.47. The van der Waals surface area contributed by atoms with Gasteiger partial charge in [-0.15, -0.1) is 0 Å². The Hall–Kier alpha value is -1.28. The predicted octanol–water partition coefficient (Wildman–Crippen LogP) is 5.00. The molecule has 21 heavy (non-hydrogen) atoms. The van der Waals surface area contributed by atoms with Crippen LogP contribution in [-0.4, -0.2) is 11.7 Å². The maximum Gasteiger partial charge on any atom is 0.125 e. The van der Waals surface area contributed by atoms with E-state index in [0.717, 1.165) is 24.2 Å². The Labute approximate surface area is 128 Å². The number of hydrogen-bond donors (Lipinski definition) is 1. The van der Waals surface area contributed by atoms with Gasteiger partial charge in [-0.1, -0.05) is 26.8 Å². The molecule has 2 nitrogen and oxygen atoms in total. The predicted molar refractivity (Wildman–Crippen MR) is 88.8 cm³/mol. The Morgan fingerprint density at radius 2 is 2.05 bits per heavy atom. The molecule has 1 N–H and O–H groups in total. The SMILES string of the molecule is CC=C1CCC(C)(C)c2cc(OCC)c(C(O)CC)cc21. The van der Waals surface area contributed by atoms with E-state index in [-0.39, 0.29) is 5.41 Å². The van der Waals surface area contributed by atoms with E-state index in [2.05, 4.69) is 39.0 Å². The van der Waals surface area contributed by atoms with E-state index in [4.69, 9.17) is 4.74 Å². The lowest BCUT2D eigenvalue weighted by molar-refractivity contribution is 0.167. The summed E-state index contributed by atoms with van der Waals surface area (Å²) in [5, 5.41) is 10.3. The third-order valence-electron chi connectivity index (χ3n) is 4.64. The molecule has 1 aromatic rings. The monoisotopic (exact) mass is 288 g/mol. The zero-order valence-corrected chi connectivity index (χ0v) is 14.0. The van der Waals surface area contributed by atoms with Crippen LogP contribution in [0, 0.1) is 0 Å². The molecule has 0 fully saturated rings. The van der Waals surface area contributed by atoms with Crippen molar-refractivity contribution in [3.05, 3.63) is 34.9 Å². The van der Waals surface area contributed by atoms with Crippen LogP contribution in [0.2, 0.25) is 0 Å². The fraction of sp³-hybridized carbons (Fsp3) is 0.579. The average molecular weight is 288 g/mol. The van der Waals surface area contributed by atoms with Crippen LogP contribution in [-0.2, 0) is 5.41 Å². The number of allylic oxidation sites excluding steroid dienone is 2. The molecule has 0 aliphatic heterocycles. The Bertz CT molecular complexity index is 541. The molecule has 0 saturated heterocycles. The van der Waals surface area contributed by atoms with E-state index in [1.54, 1.807) is 0 Å². The third-order valence-corrected chi connectivity index (χ3v) is 4.64. The van der Waals surface area contributed by atoms with Crippen LogP contribution in [0.3, 0.4) is 0 Å². The lowest BCUT2D eigenvalue weighted by atomic mass is 9.70. The summed E-state index contributed by atoms with van der Waals surface area (Å²) in [6.45, 7) is 11.3. The van der Waals surface area contributed by atoms with Crippen LogP contribution in [0.4, 0.5) is 0 Å². The number of benzene rings is 1. The zero-order chi connectivity index (χ0) is 15.6. The smallest absolute Gasteiger partial charge is 0.125 e. The molecule has 0 saturated carbocycles. The first-order valence-electron chi connectivity index (χ1n) is 8.09. The van der Waals surface area contributed by atoms with Gasteiger partial charge in [0.05, 0.1) is 12.7 Å². The van der Waals surface area contributed by atoms with Gasteiger partial charge in [0.15, 0.2) is 0 Å². The van der Waals surface area contributed by atoms with Crippen molar-refractivity contribution in [2.75, 3.05) is 6.61 Å². The van der Waals surface area contributed by atoms with Gasteiger partial charge in [-0.3, -0.25) is 0 Å². The highest BCUT2D eigenvalue weighted by molar-refractivity contribution is 5.73. The molecular formula is C19H28O2. The number of aliphatic hydroxyl groups excluding tert-OH is 1. The molecule has 1 unspecified atom stereocenters. The van der Waals surface area contributed by atoms with E-state index in [0.29, 0.717) is 13.0 Å². The van der Waals surface area contributed by atoms with Crippen LogP contribution >= 0.6 is 0 Å². The van der Waals surface area contributed by atoms with Crippen LogP contribution < -0.4 is 4.74 Å². The van der Waals surface area contributed by atoms with Gasteiger partial charge < -0.3 is 9.84 Å². The van der Waals surface area contributed by atoms with Crippen LogP contribution in [0.25, 0.3) is 5.57 Å². The van der Waals surface area contributed by atoms with Gasteiger partial charge in [0.1, 0.15) is 5.75 Å². The van der Waals surface area contributed by atoms with Crippen molar-refractivity contribution in [1.29, 1.82) is 0 Å². The molecule has 1 aliphatic carbocycles. The molecule has 0 amide bonds. The van der Waals surface area contributed by atoms with Crippen molar-refractivity contribution < 1.29 is 9.84 Å². The van der Waals surface area contributed by atoms with Crippen molar-refractivity contribution in [2.24, 2.45) is 0 Å². The van der Waals surface area contributed by atoms with Crippen molar-refractivity contribution >= 4 is 5.57 Å². The highest BCUT2D eigenvalue weighted by Crippen LogP contribution is 2.45. The number of aliphatic hydroxyl groups is 1. The van der Waals surface area contributed by atoms with E-state index < -0.39 is 6.10 Å². The maximum atomic E-state index is 10.3. The van der Waals surface area contributed by atoms with Crippen LogP contribution in [0.5, 0.6) is 5.75 Å². The molecular weight excluding hydrogens is 260 g/mol. The lowest BCUT2D eigenvalue weighted by Gasteiger charge is -2.35. The number of fused-ring (bicyclic) bond motifs is 1. The topological polar surface area (TPSA) is 29.5 Å². The third kappa shape index (κ3) is 3.01. The highest BCUT2D eigenvalue weighted by atomic mass is 16.5. The molecule has 2 heteroatoms. The van der Waals surface area contributed by atoms with Crippen LogP contribution in [0.1, 0.15) is 76.7 Å². The molecule has 0 aromatic heterocycles. The minimum Gasteiger partial charge on any atom is -0.493 e. The first kappa shape index (κ1) is 16.1. The molecule has 0 spiro atoms. The van der Waals surface area contributed by atoms with Crippen molar-refractivity contribution in [3.63, 3.8) is 0 Å². The Morgan fingerprint density at radius 1 is 1.33 bits per heavy atom. The number of ether oxygens (including phenoxy) is 1. The summed E-state index contributed by atoms with van der Waals surface area (Å²) >= 11 is 0. The Kier molecular flexibility index (Phi) is 4.77. The molecule has 0 bridgehead atoms. The van der Waals surface area contributed by atoms with Crippen molar-refractivity contribution in [3.8, 4) is 5.75 Å². The van der Waals surface area contributed by atoms with Gasteiger partial charge in [0.25, 0.3) is 0 Å². The van der Waals surface area contributed by atoms with Gasteiger partial charge >= 0.3 is 0 Å². The molecule has 1 atom stereocenters. The Morgan fingerprint density at radius 3 is 2.62 bits per heavy atom. The fourth-order valence-electron chi connectivity index (χ4n) is 3.20. The summed E-state index contributed by atoms with van der Waals surface area (Å²) < 4.78 is 5.81. The quantitative estimate of drug-likeness (QED) is 0.844. The van der Waals surface area contributed by atoms with Gasteiger partial charge in [-0.2, -0.15) is 0 Å². The van der Waals surface area contributed by atoms with E-state index in [1.807, 2.05) is 13.8 Å². The molecule has 1 aromatic carbocycles. The second kappa shape index (κ2) is 6.23. The lowest BCUT2D eigenvalue weighted by Crippen LogP contribution is -2.24. The van der Waals surface area contributed by atoms with Crippen molar-refractivity contribution in [1.82, 2.24) is 0 Å².